The van der Waals surface area contributed by atoms with Gasteiger partial charge < -0.3 is 11.1 Å². The standard InChI is InChI=1S/C22H22N4OS/c1-26(2)19-8-4-6-17(9-10-19)22(27)25-18-7-3-5-16(13-18)15-28-21-11-12-24-14-20(21)23/h4-6,8-14,19H,15,23H2,1-2H3,(H,25,27). The summed E-state index contributed by atoms with van der Waals surface area (Å²) >= 11 is 1.61. The number of carbonyl (C=O) groups excluding carboxylic acids is 1. The summed E-state index contributed by atoms with van der Waals surface area (Å²) in [6, 6.07) is 11.7. The van der Waals surface area contributed by atoms with Gasteiger partial charge >= 0.3 is 0 Å². The Labute approximate surface area is 170 Å². The molecule has 3 N–H and O–H groups in total. The number of nitrogens with zero attached hydrogens (tertiary/aromatic N) is 2. The molecule has 3 rings (SSSR count). The minimum absolute atomic E-state index is 0.169. The van der Waals surface area contributed by atoms with E-state index in [0.29, 0.717) is 22.7 Å². The molecule has 6 heteroatoms. The van der Waals surface area contributed by atoms with Crippen molar-refractivity contribution in [2.45, 2.75) is 16.7 Å². The van der Waals surface area contributed by atoms with Crippen molar-refractivity contribution < 1.29 is 4.79 Å². The Balaban J connectivity index is 1.63. The number of nitrogens with one attached hydrogen (secondary N) is 1. The molecule has 1 amide bonds. The number of anilines is 2. The lowest BCUT2D eigenvalue weighted by molar-refractivity contribution is -0.112. The molecule has 0 bridgehead atoms. The summed E-state index contributed by atoms with van der Waals surface area (Å²) in [7, 11) is 4.00. The molecule has 0 saturated carbocycles. The molecule has 1 unspecified atom stereocenters. The molecule has 5 nitrogen and oxygen atoms in total. The van der Waals surface area contributed by atoms with Crippen molar-refractivity contribution >= 4 is 29.0 Å². The van der Waals surface area contributed by atoms with Gasteiger partial charge in [-0.05, 0) is 50.0 Å². The van der Waals surface area contributed by atoms with E-state index in [4.69, 9.17) is 5.73 Å². The summed E-state index contributed by atoms with van der Waals surface area (Å²) in [5.74, 6) is 0.533. The molecule has 2 aromatic rings. The van der Waals surface area contributed by atoms with Crippen LogP contribution in [0.4, 0.5) is 11.4 Å². The summed E-state index contributed by atoms with van der Waals surface area (Å²) in [6.45, 7) is 0. The van der Waals surface area contributed by atoms with Crippen molar-refractivity contribution in [3.05, 3.63) is 84.2 Å². The van der Waals surface area contributed by atoms with Crippen LogP contribution < -0.4 is 11.1 Å². The topological polar surface area (TPSA) is 71.2 Å². The molecule has 1 atom stereocenters. The predicted molar refractivity (Wildman–Crippen MR) is 115 cm³/mol. The third kappa shape index (κ3) is 5.26. The van der Waals surface area contributed by atoms with Gasteiger partial charge in [-0.3, -0.25) is 14.7 Å². The highest BCUT2D eigenvalue weighted by molar-refractivity contribution is 7.98. The van der Waals surface area contributed by atoms with Crippen LogP contribution in [0, 0.1) is 12.1 Å². The molecule has 0 fully saturated rings. The van der Waals surface area contributed by atoms with Crippen LogP contribution in [0.25, 0.3) is 0 Å². The van der Waals surface area contributed by atoms with Crippen LogP contribution in [0.3, 0.4) is 0 Å². The van der Waals surface area contributed by atoms with E-state index in [1.807, 2.05) is 62.7 Å². The summed E-state index contributed by atoms with van der Waals surface area (Å²) < 4.78 is 0. The number of allylic oxidation sites excluding steroid dienone is 2. The van der Waals surface area contributed by atoms with E-state index >= 15 is 0 Å². The lowest BCUT2D eigenvalue weighted by atomic mass is 10.2. The Morgan fingerprint density at radius 1 is 1.39 bits per heavy atom. The lowest BCUT2D eigenvalue weighted by Crippen LogP contribution is -2.23. The first-order valence-corrected chi connectivity index (χ1v) is 9.80. The van der Waals surface area contributed by atoms with Crippen LogP contribution in [0.5, 0.6) is 0 Å². The van der Waals surface area contributed by atoms with Gasteiger partial charge in [-0.2, -0.15) is 0 Å². The van der Waals surface area contributed by atoms with Crippen molar-refractivity contribution in [2.24, 2.45) is 0 Å². The molecule has 1 aromatic heterocycles. The van der Waals surface area contributed by atoms with Crippen LogP contribution in [0.2, 0.25) is 0 Å². The average molecular weight is 391 g/mol. The quantitative estimate of drug-likeness (QED) is 0.739. The van der Waals surface area contributed by atoms with Crippen molar-refractivity contribution in [3.8, 4) is 0 Å². The number of carbonyl (C=O) groups is 1. The Bertz CT molecular complexity index is 934. The van der Waals surface area contributed by atoms with E-state index in [1.165, 1.54) is 0 Å². The number of rotatable bonds is 6. The molecule has 1 aliphatic rings. The first kappa shape index (κ1) is 19.7. The van der Waals surface area contributed by atoms with Crippen molar-refractivity contribution in [3.63, 3.8) is 0 Å². The Morgan fingerprint density at radius 2 is 2.25 bits per heavy atom. The van der Waals surface area contributed by atoms with Gasteiger partial charge in [0.2, 0.25) is 0 Å². The zero-order valence-electron chi connectivity index (χ0n) is 15.8. The van der Waals surface area contributed by atoms with E-state index in [0.717, 1.165) is 10.5 Å². The molecule has 0 saturated heterocycles. The first-order chi connectivity index (χ1) is 13.5. The fourth-order valence-electron chi connectivity index (χ4n) is 2.59. The molecule has 0 spiro atoms. The monoisotopic (exact) mass is 390 g/mol. The molecule has 142 valence electrons. The number of nitrogens with two attached hydrogens (primary N) is 1. The van der Waals surface area contributed by atoms with Crippen molar-refractivity contribution in [1.82, 2.24) is 9.88 Å². The number of aromatic nitrogens is 1. The van der Waals surface area contributed by atoms with E-state index in [9.17, 15) is 4.79 Å². The third-order valence-corrected chi connectivity index (χ3v) is 5.32. The van der Waals surface area contributed by atoms with Crippen molar-refractivity contribution in [1.29, 1.82) is 0 Å². The van der Waals surface area contributed by atoms with E-state index in [-0.39, 0.29) is 11.9 Å². The molecule has 0 radical (unpaired) electrons. The van der Waals surface area contributed by atoms with E-state index < -0.39 is 0 Å². The number of likely N-dealkylation sites (N-methyl/N-ethyl adjacent to an activating group) is 1. The largest absolute Gasteiger partial charge is 0.397 e. The average Bonchev–Trinajstić information content (AvgIpc) is 2.94. The maximum absolute atomic E-state index is 12.6. The lowest BCUT2D eigenvalue weighted by Gasteiger charge is -2.15. The normalized spacial score (nSPS) is 15.7. The number of thioether (sulfide) groups is 1. The maximum atomic E-state index is 12.6. The summed E-state index contributed by atoms with van der Waals surface area (Å²) in [4.78, 5) is 19.6. The van der Waals surface area contributed by atoms with Gasteiger partial charge in [-0.15, -0.1) is 11.8 Å². The molecular weight excluding hydrogens is 368 g/mol. The number of amides is 1. The smallest absolute Gasteiger partial charge is 0.256 e. The van der Waals surface area contributed by atoms with Gasteiger partial charge in [0, 0.05) is 28.5 Å². The van der Waals surface area contributed by atoms with Gasteiger partial charge in [0.25, 0.3) is 5.91 Å². The number of pyridine rings is 1. The van der Waals surface area contributed by atoms with E-state index in [2.05, 4.69) is 27.3 Å². The van der Waals surface area contributed by atoms with Crippen LogP contribution in [-0.2, 0) is 10.5 Å². The van der Waals surface area contributed by atoms with Gasteiger partial charge in [-0.25, -0.2) is 0 Å². The molecule has 28 heavy (non-hydrogen) atoms. The third-order valence-electron chi connectivity index (χ3n) is 4.16. The second kappa shape index (κ2) is 9.27. The number of nitrogen functional groups attached to an aromatic ring is 1. The van der Waals surface area contributed by atoms with Crippen LogP contribution >= 0.6 is 11.8 Å². The number of hydrogen-bond donors (Lipinski definition) is 2. The van der Waals surface area contributed by atoms with Gasteiger partial charge in [0.15, 0.2) is 0 Å². The first-order valence-electron chi connectivity index (χ1n) is 8.82. The molecule has 1 aromatic carbocycles. The summed E-state index contributed by atoms with van der Waals surface area (Å²) in [5.41, 5.74) is 8.80. The highest BCUT2D eigenvalue weighted by atomic mass is 32.2. The van der Waals surface area contributed by atoms with Crippen LogP contribution in [0.15, 0.2) is 71.4 Å². The minimum Gasteiger partial charge on any atom is -0.397 e. The zero-order chi connectivity index (χ0) is 19.9. The maximum Gasteiger partial charge on any atom is 0.256 e. The Kier molecular flexibility index (Phi) is 6.53. The highest BCUT2D eigenvalue weighted by Gasteiger charge is 2.11. The minimum atomic E-state index is -0.173. The summed E-state index contributed by atoms with van der Waals surface area (Å²) in [5, 5.41) is 2.90. The van der Waals surface area contributed by atoms with Crippen LogP contribution in [-0.4, -0.2) is 35.9 Å². The Hall–Kier alpha value is -3.01. The molecule has 1 heterocycles. The fraction of sp³-hybridized carbons (Fsp3) is 0.182. The van der Waals surface area contributed by atoms with Gasteiger partial charge in [0.1, 0.15) is 0 Å². The SMILES string of the molecule is CN(C)C1C=CC=C(C(=O)Nc2c#ccc(CSc3ccncc3N)c2)C=C1. The molecule has 1 aliphatic carbocycles. The van der Waals surface area contributed by atoms with Gasteiger partial charge in [0.05, 0.1) is 17.6 Å². The fourth-order valence-corrected chi connectivity index (χ4v) is 3.46. The Morgan fingerprint density at radius 3 is 3.04 bits per heavy atom. The predicted octanol–water partition coefficient (Wildman–Crippen LogP) is 3.48. The van der Waals surface area contributed by atoms with Crippen LogP contribution in [0.1, 0.15) is 5.56 Å². The van der Waals surface area contributed by atoms with E-state index in [1.54, 1.807) is 24.2 Å². The second-order valence-electron chi connectivity index (χ2n) is 6.52. The van der Waals surface area contributed by atoms with Gasteiger partial charge in [-0.1, -0.05) is 30.4 Å². The number of hydrogen-bond acceptors (Lipinski definition) is 5. The molecular formula is C22H22N4OS. The molecule has 0 aliphatic heterocycles. The van der Waals surface area contributed by atoms with Crippen molar-refractivity contribution in [2.75, 3.05) is 25.1 Å². The zero-order valence-corrected chi connectivity index (χ0v) is 16.7. The highest BCUT2D eigenvalue weighted by Crippen LogP contribution is 2.27. The summed E-state index contributed by atoms with van der Waals surface area (Å²) in [6.07, 6.45) is 13.0. The second-order valence-corrected chi connectivity index (χ2v) is 7.54.